The van der Waals surface area contributed by atoms with E-state index in [1.165, 1.54) is 0 Å². The molecule has 2 N–H and O–H groups in total. The molecule has 0 saturated heterocycles. The lowest BCUT2D eigenvalue weighted by Crippen LogP contribution is -2.48. The first-order valence-electron chi connectivity index (χ1n) is 3.18. The van der Waals surface area contributed by atoms with Gasteiger partial charge in [-0.1, -0.05) is 6.42 Å². The summed E-state index contributed by atoms with van der Waals surface area (Å²) in [6.07, 6.45) is -1.40. The topological polar surface area (TPSA) is 43.1 Å². The van der Waals surface area contributed by atoms with Crippen LogP contribution in [0.15, 0.2) is 0 Å². The highest BCUT2D eigenvalue weighted by Crippen LogP contribution is 2.45. The van der Waals surface area contributed by atoms with Gasteiger partial charge < -0.3 is 5.73 Å². The van der Waals surface area contributed by atoms with Crippen molar-refractivity contribution in [2.75, 3.05) is 0 Å². The Morgan fingerprint density at radius 3 is 2.00 bits per heavy atom. The number of primary amides is 1. The summed E-state index contributed by atoms with van der Waals surface area (Å²) in [5.74, 6) is -0.853. The zero-order chi connectivity index (χ0) is 7.78. The minimum atomic E-state index is -2.58. The van der Waals surface area contributed by atoms with Gasteiger partial charge in [0.25, 0.3) is 6.43 Å². The van der Waals surface area contributed by atoms with Gasteiger partial charge in [0, 0.05) is 0 Å². The van der Waals surface area contributed by atoms with Gasteiger partial charge in [-0.3, -0.25) is 4.79 Å². The SMILES string of the molecule is NC(=O)C1(C(F)F)CCC1. The van der Waals surface area contributed by atoms with Crippen molar-refractivity contribution in [1.29, 1.82) is 0 Å². The van der Waals surface area contributed by atoms with E-state index in [4.69, 9.17) is 5.73 Å². The van der Waals surface area contributed by atoms with Crippen molar-refractivity contribution in [1.82, 2.24) is 0 Å². The van der Waals surface area contributed by atoms with Gasteiger partial charge >= 0.3 is 0 Å². The maximum atomic E-state index is 12.1. The maximum Gasteiger partial charge on any atom is 0.252 e. The molecule has 2 nitrogen and oxygen atoms in total. The summed E-state index contributed by atoms with van der Waals surface area (Å²) in [4.78, 5) is 10.5. The standard InChI is InChI=1S/C6H9F2NO/c7-4(8)6(5(9)10)2-1-3-6/h4H,1-3H2,(H2,9,10). The zero-order valence-corrected chi connectivity index (χ0v) is 5.44. The van der Waals surface area contributed by atoms with Crippen molar-refractivity contribution in [3.63, 3.8) is 0 Å². The van der Waals surface area contributed by atoms with Gasteiger partial charge in [-0.15, -0.1) is 0 Å². The number of hydrogen-bond donors (Lipinski definition) is 1. The summed E-state index contributed by atoms with van der Waals surface area (Å²) in [5, 5.41) is 0. The number of halogens is 2. The Balaban J connectivity index is 2.68. The molecule has 1 rings (SSSR count). The van der Waals surface area contributed by atoms with Crippen LogP contribution in [0.2, 0.25) is 0 Å². The van der Waals surface area contributed by atoms with Gasteiger partial charge in [-0.2, -0.15) is 0 Å². The first-order valence-corrected chi connectivity index (χ1v) is 3.18. The van der Waals surface area contributed by atoms with E-state index < -0.39 is 17.7 Å². The third-order valence-corrected chi connectivity index (χ3v) is 2.15. The molecule has 0 aromatic heterocycles. The summed E-state index contributed by atoms with van der Waals surface area (Å²) in [6, 6.07) is 0. The van der Waals surface area contributed by atoms with Gasteiger partial charge in [0.2, 0.25) is 5.91 Å². The molecule has 0 bridgehead atoms. The predicted molar refractivity (Wildman–Crippen MR) is 31.5 cm³/mol. The average Bonchev–Trinajstić information content (AvgIpc) is 1.57. The fourth-order valence-electron chi connectivity index (χ4n) is 1.13. The molecule has 1 amide bonds. The molecule has 1 aliphatic rings. The second-order valence-corrected chi connectivity index (χ2v) is 2.67. The fraction of sp³-hybridized carbons (Fsp3) is 0.833. The number of nitrogens with two attached hydrogens (primary N) is 1. The second-order valence-electron chi connectivity index (χ2n) is 2.67. The highest BCUT2D eigenvalue weighted by Gasteiger charge is 2.50. The van der Waals surface area contributed by atoms with Crippen LogP contribution in [0, 0.1) is 5.41 Å². The summed E-state index contributed by atoms with van der Waals surface area (Å²) in [6.45, 7) is 0. The maximum absolute atomic E-state index is 12.1. The van der Waals surface area contributed by atoms with E-state index in [0.717, 1.165) is 0 Å². The fourth-order valence-corrected chi connectivity index (χ4v) is 1.13. The molecule has 1 aliphatic carbocycles. The number of hydrogen-bond acceptors (Lipinski definition) is 1. The van der Waals surface area contributed by atoms with Crippen LogP contribution in [0.25, 0.3) is 0 Å². The van der Waals surface area contributed by atoms with Gasteiger partial charge in [-0.05, 0) is 12.8 Å². The molecule has 1 fully saturated rings. The molecule has 1 saturated carbocycles. The summed E-state index contributed by atoms with van der Waals surface area (Å²) >= 11 is 0. The van der Waals surface area contributed by atoms with Gasteiger partial charge in [0.15, 0.2) is 0 Å². The number of alkyl halides is 2. The lowest BCUT2D eigenvalue weighted by Gasteiger charge is -2.37. The Labute approximate surface area is 57.4 Å². The van der Waals surface area contributed by atoms with Crippen LogP contribution in [-0.4, -0.2) is 12.3 Å². The molecule has 0 unspecified atom stereocenters. The lowest BCUT2D eigenvalue weighted by molar-refractivity contribution is -0.146. The summed E-state index contributed by atoms with van der Waals surface area (Å²) in [7, 11) is 0. The molecular weight excluding hydrogens is 140 g/mol. The number of carbonyl (C=O) groups is 1. The highest BCUT2D eigenvalue weighted by atomic mass is 19.3. The second kappa shape index (κ2) is 2.18. The smallest absolute Gasteiger partial charge is 0.252 e. The van der Waals surface area contributed by atoms with Crippen molar-refractivity contribution in [2.45, 2.75) is 25.7 Å². The molecule has 0 aromatic carbocycles. The van der Waals surface area contributed by atoms with Crippen molar-refractivity contribution in [3.05, 3.63) is 0 Å². The Morgan fingerprint density at radius 1 is 1.50 bits per heavy atom. The Kier molecular flexibility index (Phi) is 1.62. The van der Waals surface area contributed by atoms with Crippen LogP contribution in [0.1, 0.15) is 19.3 Å². The largest absolute Gasteiger partial charge is 0.369 e. The Bertz CT molecular complexity index is 154. The van der Waals surface area contributed by atoms with Crippen LogP contribution >= 0.6 is 0 Å². The molecule has 0 aromatic rings. The molecule has 0 aliphatic heterocycles. The van der Waals surface area contributed by atoms with Crippen LogP contribution < -0.4 is 5.73 Å². The zero-order valence-electron chi connectivity index (χ0n) is 5.44. The third-order valence-electron chi connectivity index (χ3n) is 2.15. The minimum absolute atomic E-state index is 0.250. The summed E-state index contributed by atoms with van der Waals surface area (Å²) < 4.78 is 24.2. The lowest BCUT2D eigenvalue weighted by atomic mass is 9.68. The van der Waals surface area contributed by atoms with E-state index in [0.29, 0.717) is 6.42 Å². The number of rotatable bonds is 2. The molecular formula is C6H9F2NO. The molecule has 0 heterocycles. The van der Waals surface area contributed by atoms with Crippen molar-refractivity contribution >= 4 is 5.91 Å². The number of amides is 1. The van der Waals surface area contributed by atoms with Gasteiger partial charge in [0.05, 0.1) is 0 Å². The van der Waals surface area contributed by atoms with Crippen molar-refractivity contribution in [3.8, 4) is 0 Å². The molecule has 10 heavy (non-hydrogen) atoms. The molecule has 0 spiro atoms. The van der Waals surface area contributed by atoms with E-state index >= 15 is 0 Å². The van der Waals surface area contributed by atoms with E-state index in [-0.39, 0.29) is 12.8 Å². The monoisotopic (exact) mass is 149 g/mol. The first-order chi connectivity index (χ1) is 4.59. The van der Waals surface area contributed by atoms with Crippen LogP contribution in [0.5, 0.6) is 0 Å². The normalized spacial score (nSPS) is 22.3. The Morgan fingerprint density at radius 2 is 2.00 bits per heavy atom. The third kappa shape index (κ3) is 0.786. The average molecular weight is 149 g/mol. The van der Waals surface area contributed by atoms with E-state index in [1.807, 2.05) is 0 Å². The van der Waals surface area contributed by atoms with E-state index in [2.05, 4.69) is 0 Å². The molecule has 0 radical (unpaired) electrons. The van der Waals surface area contributed by atoms with Crippen LogP contribution in [-0.2, 0) is 4.79 Å². The van der Waals surface area contributed by atoms with E-state index in [9.17, 15) is 13.6 Å². The van der Waals surface area contributed by atoms with E-state index in [1.54, 1.807) is 0 Å². The number of carbonyl (C=O) groups excluding carboxylic acids is 1. The van der Waals surface area contributed by atoms with Crippen LogP contribution in [0.3, 0.4) is 0 Å². The summed E-state index contributed by atoms with van der Waals surface area (Å²) in [5.41, 5.74) is 3.34. The van der Waals surface area contributed by atoms with Gasteiger partial charge in [0.1, 0.15) is 5.41 Å². The minimum Gasteiger partial charge on any atom is -0.369 e. The first kappa shape index (κ1) is 7.44. The predicted octanol–water partition coefficient (Wildman–Crippen LogP) is 0.907. The molecule has 58 valence electrons. The van der Waals surface area contributed by atoms with Crippen LogP contribution in [0.4, 0.5) is 8.78 Å². The van der Waals surface area contributed by atoms with Gasteiger partial charge in [-0.25, -0.2) is 8.78 Å². The molecule has 4 heteroatoms. The van der Waals surface area contributed by atoms with Crippen molar-refractivity contribution < 1.29 is 13.6 Å². The highest BCUT2D eigenvalue weighted by molar-refractivity contribution is 5.82. The van der Waals surface area contributed by atoms with Crippen molar-refractivity contribution in [2.24, 2.45) is 11.1 Å². The Hall–Kier alpha value is -0.670. The molecule has 0 atom stereocenters. The quantitative estimate of drug-likeness (QED) is 0.623.